The van der Waals surface area contributed by atoms with Crippen molar-refractivity contribution >= 4 is 29.1 Å². The smallest absolute Gasteiger partial charge is 0.253 e. The summed E-state index contributed by atoms with van der Waals surface area (Å²) in [4.78, 5) is 38.9. The van der Waals surface area contributed by atoms with Crippen LogP contribution in [-0.2, 0) is 16.1 Å². The number of furan rings is 1. The lowest BCUT2D eigenvalue weighted by atomic mass is 10.1. The number of amides is 3. The average Bonchev–Trinajstić information content (AvgIpc) is 3.31. The zero-order valence-electron chi connectivity index (χ0n) is 18.5. The van der Waals surface area contributed by atoms with Gasteiger partial charge < -0.3 is 25.1 Å². The van der Waals surface area contributed by atoms with Gasteiger partial charge in [-0.25, -0.2) is 0 Å². The minimum atomic E-state index is -0.349. The number of carbonyl (C=O) groups excluding carboxylic acids is 3. The predicted octanol–water partition coefficient (Wildman–Crippen LogP) is 2.73. The summed E-state index contributed by atoms with van der Waals surface area (Å²) in [6.07, 6.45) is 1.53. The van der Waals surface area contributed by atoms with Gasteiger partial charge in [0.25, 0.3) is 5.91 Å². The third-order valence-corrected chi connectivity index (χ3v) is 4.63. The summed E-state index contributed by atoms with van der Waals surface area (Å²) < 4.78 is 10.3. The summed E-state index contributed by atoms with van der Waals surface area (Å²) in [5.41, 5.74) is 1.32. The highest BCUT2D eigenvalue weighted by Crippen LogP contribution is 2.17. The third kappa shape index (κ3) is 7.22. The number of hydrogen-bond donors (Lipinski definition) is 3. The first-order valence-electron chi connectivity index (χ1n) is 10.3. The van der Waals surface area contributed by atoms with Crippen LogP contribution >= 0.6 is 0 Å². The topological polar surface area (TPSA) is 113 Å². The molecule has 0 saturated carbocycles. The SMILES string of the molecule is COc1cccc(NC(=O)CN(C)CC(=O)Nc2ccccc2C(=O)NCc2ccco2)c1. The molecule has 0 spiro atoms. The van der Waals surface area contributed by atoms with Crippen LogP contribution in [0.1, 0.15) is 16.1 Å². The van der Waals surface area contributed by atoms with Crippen LogP contribution in [0.15, 0.2) is 71.3 Å². The fourth-order valence-corrected chi connectivity index (χ4v) is 3.10. The summed E-state index contributed by atoms with van der Waals surface area (Å²) in [7, 11) is 3.21. The molecule has 0 saturated heterocycles. The number of carbonyl (C=O) groups is 3. The van der Waals surface area contributed by atoms with Gasteiger partial charge in [0.15, 0.2) is 0 Å². The van der Waals surface area contributed by atoms with E-state index in [1.54, 1.807) is 79.7 Å². The molecule has 2 aromatic carbocycles. The van der Waals surface area contributed by atoms with Crippen LogP contribution in [0, 0.1) is 0 Å². The zero-order valence-corrected chi connectivity index (χ0v) is 18.5. The molecule has 0 bridgehead atoms. The molecule has 3 N–H and O–H groups in total. The lowest BCUT2D eigenvalue weighted by molar-refractivity contribution is -0.119. The highest BCUT2D eigenvalue weighted by atomic mass is 16.5. The molecule has 172 valence electrons. The maximum absolute atomic E-state index is 12.6. The first kappa shape index (κ1) is 23.6. The first-order chi connectivity index (χ1) is 15.9. The number of anilines is 2. The standard InChI is InChI=1S/C24H26N4O5/c1-28(15-22(29)26-17-7-5-8-18(13-17)32-2)16-23(30)27-21-11-4-3-10-20(21)24(31)25-14-19-9-6-12-33-19/h3-13H,14-16H2,1-2H3,(H,25,31)(H,26,29)(H,27,30). The van der Waals surface area contributed by atoms with Gasteiger partial charge in [-0.05, 0) is 43.4 Å². The summed E-state index contributed by atoms with van der Waals surface area (Å²) in [5, 5.41) is 8.26. The van der Waals surface area contributed by atoms with Crippen molar-refractivity contribution in [3.05, 3.63) is 78.3 Å². The number of ether oxygens (including phenoxy) is 1. The number of nitrogens with zero attached hydrogens (tertiary/aromatic N) is 1. The fourth-order valence-electron chi connectivity index (χ4n) is 3.10. The van der Waals surface area contributed by atoms with Crippen molar-refractivity contribution in [2.45, 2.75) is 6.54 Å². The second-order valence-electron chi connectivity index (χ2n) is 7.31. The van der Waals surface area contributed by atoms with E-state index in [0.29, 0.717) is 28.4 Å². The summed E-state index contributed by atoms with van der Waals surface area (Å²) in [6, 6.07) is 17.2. The van der Waals surface area contributed by atoms with Crippen LogP contribution in [0.4, 0.5) is 11.4 Å². The van der Waals surface area contributed by atoms with Crippen molar-refractivity contribution in [3.63, 3.8) is 0 Å². The van der Waals surface area contributed by atoms with Crippen LogP contribution in [0.25, 0.3) is 0 Å². The first-order valence-corrected chi connectivity index (χ1v) is 10.3. The summed E-state index contributed by atoms with van der Waals surface area (Å²) in [5.74, 6) is 0.300. The van der Waals surface area contributed by atoms with Crippen LogP contribution < -0.4 is 20.7 Å². The minimum absolute atomic E-state index is 0.00983. The fraction of sp³-hybridized carbons (Fsp3) is 0.208. The lowest BCUT2D eigenvalue weighted by Crippen LogP contribution is -2.36. The predicted molar refractivity (Wildman–Crippen MR) is 124 cm³/mol. The van der Waals surface area contributed by atoms with Gasteiger partial charge in [0.2, 0.25) is 11.8 Å². The molecular formula is C24H26N4O5. The van der Waals surface area contributed by atoms with E-state index in [4.69, 9.17) is 9.15 Å². The van der Waals surface area contributed by atoms with E-state index in [1.165, 1.54) is 6.26 Å². The maximum Gasteiger partial charge on any atom is 0.253 e. The molecule has 3 rings (SSSR count). The minimum Gasteiger partial charge on any atom is -0.497 e. The Balaban J connectivity index is 1.51. The molecule has 3 aromatic rings. The number of rotatable bonds is 10. The van der Waals surface area contributed by atoms with Crippen molar-refractivity contribution < 1.29 is 23.5 Å². The second-order valence-corrected chi connectivity index (χ2v) is 7.31. The van der Waals surface area contributed by atoms with Crippen LogP contribution in [0.5, 0.6) is 5.75 Å². The molecule has 0 aliphatic heterocycles. The molecule has 0 fully saturated rings. The Morgan fingerprint density at radius 2 is 1.70 bits per heavy atom. The van der Waals surface area contributed by atoms with Crippen molar-refractivity contribution in [2.24, 2.45) is 0 Å². The van der Waals surface area contributed by atoms with Crippen molar-refractivity contribution in [1.29, 1.82) is 0 Å². The Hall–Kier alpha value is -4.11. The van der Waals surface area contributed by atoms with E-state index < -0.39 is 0 Å². The van der Waals surface area contributed by atoms with E-state index in [9.17, 15) is 14.4 Å². The van der Waals surface area contributed by atoms with Crippen molar-refractivity contribution in [2.75, 3.05) is 37.9 Å². The molecular weight excluding hydrogens is 424 g/mol. The Labute approximate surface area is 191 Å². The number of hydrogen-bond acceptors (Lipinski definition) is 6. The van der Waals surface area contributed by atoms with Gasteiger partial charge in [-0.3, -0.25) is 19.3 Å². The van der Waals surface area contributed by atoms with E-state index in [1.807, 2.05) is 0 Å². The number of likely N-dealkylation sites (N-methyl/N-ethyl adjacent to an activating group) is 1. The quantitative estimate of drug-likeness (QED) is 0.438. The number of para-hydroxylation sites is 1. The maximum atomic E-state index is 12.6. The molecule has 9 nitrogen and oxygen atoms in total. The molecule has 0 aliphatic rings. The number of benzene rings is 2. The monoisotopic (exact) mass is 450 g/mol. The Morgan fingerprint density at radius 3 is 2.42 bits per heavy atom. The molecule has 9 heteroatoms. The van der Waals surface area contributed by atoms with Gasteiger partial charge in [-0.2, -0.15) is 0 Å². The molecule has 33 heavy (non-hydrogen) atoms. The van der Waals surface area contributed by atoms with Gasteiger partial charge in [0.1, 0.15) is 11.5 Å². The van der Waals surface area contributed by atoms with Crippen LogP contribution in [-0.4, -0.2) is 49.9 Å². The average molecular weight is 450 g/mol. The van der Waals surface area contributed by atoms with Gasteiger partial charge in [-0.1, -0.05) is 18.2 Å². The molecule has 0 atom stereocenters. The highest BCUT2D eigenvalue weighted by molar-refractivity contribution is 6.04. The lowest BCUT2D eigenvalue weighted by Gasteiger charge is -2.17. The Morgan fingerprint density at radius 1 is 0.939 bits per heavy atom. The normalized spacial score (nSPS) is 10.5. The molecule has 1 aromatic heterocycles. The van der Waals surface area contributed by atoms with Crippen LogP contribution in [0.3, 0.4) is 0 Å². The van der Waals surface area contributed by atoms with Gasteiger partial charge in [-0.15, -0.1) is 0 Å². The molecule has 0 radical (unpaired) electrons. The van der Waals surface area contributed by atoms with Gasteiger partial charge in [0, 0.05) is 11.8 Å². The molecule has 0 aliphatic carbocycles. The van der Waals surface area contributed by atoms with Crippen molar-refractivity contribution in [1.82, 2.24) is 10.2 Å². The summed E-state index contributed by atoms with van der Waals surface area (Å²) >= 11 is 0. The van der Waals surface area contributed by atoms with E-state index in [-0.39, 0.29) is 37.4 Å². The molecule has 3 amide bonds. The molecule has 1 heterocycles. The Kier molecular flexibility index (Phi) is 8.20. The van der Waals surface area contributed by atoms with Crippen molar-refractivity contribution in [3.8, 4) is 5.75 Å². The largest absolute Gasteiger partial charge is 0.497 e. The van der Waals surface area contributed by atoms with Crippen LogP contribution in [0.2, 0.25) is 0 Å². The highest BCUT2D eigenvalue weighted by Gasteiger charge is 2.16. The third-order valence-electron chi connectivity index (χ3n) is 4.63. The Bertz CT molecular complexity index is 1100. The summed E-state index contributed by atoms with van der Waals surface area (Å²) in [6.45, 7) is 0.211. The van der Waals surface area contributed by atoms with E-state index >= 15 is 0 Å². The zero-order chi connectivity index (χ0) is 23.6. The second kappa shape index (κ2) is 11.5. The van der Waals surface area contributed by atoms with E-state index in [0.717, 1.165) is 0 Å². The van der Waals surface area contributed by atoms with Gasteiger partial charge in [0.05, 0.1) is 44.3 Å². The van der Waals surface area contributed by atoms with Gasteiger partial charge >= 0.3 is 0 Å². The number of methoxy groups -OCH3 is 1. The van der Waals surface area contributed by atoms with E-state index in [2.05, 4.69) is 16.0 Å². The number of nitrogens with one attached hydrogen (secondary N) is 3. The molecule has 0 unspecified atom stereocenters.